The molecule has 0 spiro atoms. The number of rotatable bonds is 16. The lowest BCUT2D eigenvalue weighted by Gasteiger charge is -2.46. The van der Waals surface area contributed by atoms with Crippen LogP contribution in [0.5, 0.6) is 11.5 Å². The number of nitrogens with one attached hydrogen (secondary N) is 1. The first-order valence-electron chi connectivity index (χ1n) is 14.1. The Morgan fingerprint density at radius 2 is 1.84 bits per heavy atom. The van der Waals surface area contributed by atoms with Crippen LogP contribution in [0.3, 0.4) is 0 Å². The molecule has 0 saturated heterocycles. The highest BCUT2D eigenvalue weighted by Crippen LogP contribution is 2.37. The van der Waals surface area contributed by atoms with E-state index in [1.54, 1.807) is 33.8 Å². The fraction of sp³-hybridized carbons (Fsp3) is 0.533. The third kappa shape index (κ3) is 8.85. The van der Waals surface area contributed by atoms with Crippen LogP contribution in [0, 0.1) is 11.8 Å². The van der Waals surface area contributed by atoms with E-state index in [2.05, 4.69) is 5.43 Å². The molecule has 0 bridgehead atoms. The van der Waals surface area contributed by atoms with Crippen LogP contribution in [0.2, 0.25) is 0 Å². The molecule has 2 amide bonds. The Morgan fingerprint density at radius 3 is 2.44 bits per heavy atom. The van der Waals surface area contributed by atoms with Crippen LogP contribution in [-0.4, -0.2) is 78.4 Å². The average molecular weight is 638 g/mol. The number of hydrogen-bond donors (Lipinski definition) is 2. The third-order valence-electron chi connectivity index (χ3n) is 7.19. The van der Waals surface area contributed by atoms with Crippen molar-refractivity contribution in [1.82, 2.24) is 15.7 Å². The Balaban J connectivity index is 1.96. The van der Waals surface area contributed by atoms with Gasteiger partial charge in [-0.3, -0.25) is 9.59 Å². The molecule has 2 N–H and O–H groups in total. The normalized spacial score (nSPS) is 15.9. The molecule has 13 heteroatoms. The molecular formula is C30H43N3O8S2. The van der Waals surface area contributed by atoms with Crippen LogP contribution in [0.15, 0.2) is 53.4 Å². The fourth-order valence-corrected chi connectivity index (χ4v) is 7.58. The summed E-state index contributed by atoms with van der Waals surface area (Å²) in [5, 5.41) is 13.8. The van der Waals surface area contributed by atoms with Crippen LogP contribution in [0.25, 0.3) is 0 Å². The first-order valence-corrected chi connectivity index (χ1v) is 17.2. The van der Waals surface area contributed by atoms with Gasteiger partial charge in [0.05, 0.1) is 27.7 Å². The number of hydroxylamine groups is 3. The molecule has 1 aliphatic rings. The largest absolute Gasteiger partial charge is 0.454 e. The van der Waals surface area contributed by atoms with Gasteiger partial charge in [0.15, 0.2) is 21.3 Å². The maximum Gasteiger partial charge on any atom is 0.272 e. The summed E-state index contributed by atoms with van der Waals surface area (Å²) in [5.74, 6) is -1.01. The molecule has 3 rings (SSSR count). The molecule has 1 unspecified atom stereocenters. The number of ether oxygens (including phenoxy) is 2. The van der Waals surface area contributed by atoms with Crippen molar-refractivity contribution in [2.75, 3.05) is 31.1 Å². The second-order valence-electron chi connectivity index (χ2n) is 11.7. The smallest absolute Gasteiger partial charge is 0.272 e. The Morgan fingerprint density at radius 1 is 1.16 bits per heavy atom. The molecule has 0 aromatic heterocycles. The van der Waals surface area contributed by atoms with Crippen molar-refractivity contribution in [2.24, 2.45) is 11.8 Å². The van der Waals surface area contributed by atoms with E-state index < -0.39 is 38.7 Å². The summed E-state index contributed by atoms with van der Waals surface area (Å²) in [7, 11) is -3.75. The highest BCUT2D eigenvalue weighted by molar-refractivity contribution is 7.98. The van der Waals surface area contributed by atoms with E-state index >= 15 is 0 Å². The predicted octanol–water partition coefficient (Wildman–Crippen LogP) is 4.11. The molecule has 1 heterocycles. The van der Waals surface area contributed by atoms with Gasteiger partial charge in [0.2, 0.25) is 13.2 Å². The lowest BCUT2D eigenvalue weighted by atomic mass is 9.76. The number of carbonyl (C=O) groups is 2. The van der Waals surface area contributed by atoms with E-state index in [-0.39, 0.29) is 30.4 Å². The van der Waals surface area contributed by atoms with Gasteiger partial charge in [-0.1, -0.05) is 44.2 Å². The standard InChI is InChI=1S/C30H43N3O8S2/c1-7-30(16-23-11-9-8-10-12-23,25(18-42-6)28(35)33(31-20-34)41-29(3,4)5)32(36)17-22(2)19-43(37,38)24-13-14-26-27(15-24)40-21-39-26/h8-15,20,22,25,36H,7,16-19,21H2,1-6H3,(H,31,34)/t22-,25-,30?/m1/s1. The molecule has 2 aromatic rings. The Bertz CT molecular complexity index is 1340. The fourth-order valence-electron chi connectivity index (χ4n) is 5.19. The quantitative estimate of drug-likeness (QED) is 0.205. The van der Waals surface area contributed by atoms with Gasteiger partial charge in [0.25, 0.3) is 5.91 Å². The second kappa shape index (κ2) is 14.8. The summed E-state index contributed by atoms with van der Waals surface area (Å²) in [6, 6.07) is 14.0. The molecule has 3 atom stereocenters. The Hall–Kier alpha value is -2.84. The molecule has 2 aromatic carbocycles. The highest BCUT2D eigenvalue weighted by atomic mass is 32.2. The highest BCUT2D eigenvalue weighted by Gasteiger charge is 2.49. The summed E-state index contributed by atoms with van der Waals surface area (Å²) < 4.78 is 37.4. The van der Waals surface area contributed by atoms with Crippen LogP contribution < -0.4 is 14.9 Å². The predicted molar refractivity (Wildman–Crippen MR) is 164 cm³/mol. The molecule has 43 heavy (non-hydrogen) atoms. The Labute approximate surface area is 258 Å². The minimum Gasteiger partial charge on any atom is -0.454 e. The minimum absolute atomic E-state index is 0.0335. The summed E-state index contributed by atoms with van der Waals surface area (Å²) in [6.07, 6.45) is 2.84. The molecule has 11 nitrogen and oxygen atoms in total. The number of amides is 2. The number of nitrogens with zero attached hydrogens (tertiary/aromatic N) is 2. The molecule has 0 saturated carbocycles. The molecule has 0 aliphatic carbocycles. The summed E-state index contributed by atoms with van der Waals surface area (Å²) in [5.41, 5.74) is 1.26. The average Bonchev–Trinajstić information content (AvgIpc) is 3.42. The third-order valence-corrected chi connectivity index (χ3v) is 9.83. The van der Waals surface area contributed by atoms with Crippen molar-refractivity contribution < 1.29 is 37.5 Å². The topological polar surface area (TPSA) is 135 Å². The monoisotopic (exact) mass is 637 g/mol. The van der Waals surface area contributed by atoms with Gasteiger partial charge in [0, 0.05) is 18.4 Å². The lowest BCUT2D eigenvalue weighted by molar-refractivity contribution is -0.257. The summed E-state index contributed by atoms with van der Waals surface area (Å²) in [6.45, 7) is 8.87. The number of fused-ring (bicyclic) bond motifs is 1. The van der Waals surface area contributed by atoms with E-state index in [1.165, 1.54) is 23.9 Å². The number of sulfone groups is 1. The van der Waals surface area contributed by atoms with Crippen LogP contribution >= 0.6 is 11.8 Å². The number of hydrogen-bond acceptors (Lipinski definition) is 10. The first kappa shape index (κ1) is 34.6. The van der Waals surface area contributed by atoms with E-state index in [1.807, 2.05) is 43.5 Å². The van der Waals surface area contributed by atoms with Crippen molar-refractivity contribution in [3.05, 3.63) is 54.1 Å². The van der Waals surface area contributed by atoms with Crippen molar-refractivity contribution in [2.45, 2.75) is 63.5 Å². The van der Waals surface area contributed by atoms with Gasteiger partial charge in [0.1, 0.15) is 0 Å². The van der Waals surface area contributed by atoms with Crippen LogP contribution in [-0.2, 0) is 30.7 Å². The second-order valence-corrected chi connectivity index (χ2v) is 14.6. The molecule has 0 radical (unpaired) electrons. The molecule has 0 fully saturated rings. The number of thioether (sulfide) groups is 1. The van der Waals surface area contributed by atoms with E-state index in [0.29, 0.717) is 30.1 Å². The zero-order valence-electron chi connectivity index (χ0n) is 25.6. The van der Waals surface area contributed by atoms with Gasteiger partial charge in [-0.2, -0.15) is 16.8 Å². The van der Waals surface area contributed by atoms with Gasteiger partial charge in [-0.15, -0.1) is 5.17 Å². The van der Waals surface area contributed by atoms with Gasteiger partial charge in [-0.05, 0) is 63.5 Å². The van der Waals surface area contributed by atoms with Gasteiger partial charge >= 0.3 is 0 Å². The van der Waals surface area contributed by atoms with E-state index in [9.17, 15) is 23.2 Å². The number of benzene rings is 2. The SMILES string of the molecule is CCC(Cc1ccccc1)([C@H](CSC)C(=O)N(NC=O)OC(C)(C)C)N(O)C[C@@H](C)CS(=O)(=O)c1ccc2c(c1)OCO2. The molecule has 238 valence electrons. The van der Waals surface area contributed by atoms with Crippen molar-refractivity contribution in [3.8, 4) is 11.5 Å². The van der Waals surface area contributed by atoms with Crippen molar-refractivity contribution in [1.29, 1.82) is 0 Å². The molecule has 1 aliphatic heterocycles. The minimum atomic E-state index is -3.75. The van der Waals surface area contributed by atoms with Gasteiger partial charge in [-0.25, -0.2) is 18.7 Å². The van der Waals surface area contributed by atoms with E-state index in [4.69, 9.17) is 14.3 Å². The first-order chi connectivity index (χ1) is 20.3. The van der Waals surface area contributed by atoms with E-state index in [0.717, 1.165) is 15.8 Å². The Kier molecular flexibility index (Phi) is 11.9. The van der Waals surface area contributed by atoms with Crippen LogP contribution in [0.4, 0.5) is 0 Å². The summed E-state index contributed by atoms with van der Waals surface area (Å²) >= 11 is 1.42. The zero-order valence-corrected chi connectivity index (χ0v) is 27.2. The number of hydrazine groups is 1. The van der Waals surface area contributed by atoms with Gasteiger partial charge < -0.3 is 14.7 Å². The van der Waals surface area contributed by atoms with Crippen molar-refractivity contribution >= 4 is 33.9 Å². The van der Waals surface area contributed by atoms with Crippen LogP contribution in [0.1, 0.15) is 46.6 Å². The maximum absolute atomic E-state index is 14.1. The summed E-state index contributed by atoms with van der Waals surface area (Å²) in [4.78, 5) is 31.5. The maximum atomic E-state index is 14.1. The molecular weight excluding hydrogens is 594 g/mol. The number of carbonyl (C=O) groups excluding carboxylic acids is 2. The zero-order chi connectivity index (χ0) is 31.8. The lowest BCUT2D eigenvalue weighted by Crippen LogP contribution is -2.62. The van der Waals surface area contributed by atoms with Crippen molar-refractivity contribution in [3.63, 3.8) is 0 Å².